The summed E-state index contributed by atoms with van der Waals surface area (Å²) in [4.78, 5) is 14.3. The van der Waals surface area contributed by atoms with Crippen LogP contribution in [0.25, 0.3) is 0 Å². The van der Waals surface area contributed by atoms with Crippen LogP contribution in [-0.2, 0) is 22.7 Å². The van der Waals surface area contributed by atoms with Gasteiger partial charge in [-0.15, -0.1) is 5.10 Å². The molecule has 1 saturated carbocycles. The molecule has 140 valence electrons. The molecular weight excluding hydrogens is 320 g/mol. The smallest absolute Gasteiger partial charge is 0.244 e. The molecule has 0 radical (unpaired) electrons. The second-order valence-electron chi connectivity index (χ2n) is 7.61. The van der Waals surface area contributed by atoms with E-state index in [2.05, 4.69) is 17.2 Å². The van der Waals surface area contributed by atoms with Gasteiger partial charge in [-0.25, -0.2) is 4.68 Å². The van der Waals surface area contributed by atoms with Gasteiger partial charge in [0.15, 0.2) is 0 Å². The van der Waals surface area contributed by atoms with Gasteiger partial charge in [0.1, 0.15) is 12.2 Å². The second kappa shape index (κ2) is 8.76. The third-order valence-corrected chi connectivity index (χ3v) is 5.54. The molecule has 0 unspecified atom stereocenters. The molecule has 0 atom stereocenters. The molecule has 0 bridgehead atoms. The summed E-state index contributed by atoms with van der Waals surface area (Å²) >= 11 is 0. The van der Waals surface area contributed by atoms with Crippen LogP contribution in [0.1, 0.15) is 51.1 Å². The average Bonchev–Trinajstić information content (AvgIpc) is 3.08. The van der Waals surface area contributed by atoms with Crippen molar-refractivity contribution in [3.05, 3.63) is 11.9 Å². The highest BCUT2D eigenvalue weighted by molar-refractivity contribution is 5.75. The Labute approximate surface area is 149 Å². The number of nitrogens with zero attached hydrogens (tertiary/aromatic N) is 4. The van der Waals surface area contributed by atoms with E-state index >= 15 is 0 Å². The summed E-state index contributed by atoms with van der Waals surface area (Å²) in [6.45, 7) is 4.90. The van der Waals surface area contributed by atoms with Gasteiger partial charge in [-0.3, -0.25) is 4.79 Å². The summed E-state index contributed by atoms with van der Waals surface area (Å²) in [6, 6.07) is 0. The van der Waals surface area contributed by atoms with Gasteiger partial charge in [0.25, 0.3) is 0 Å². The summed E-state index contributed by atoms with van der Waals surface area (Å²) in [5.41, 5.74) is 0.768. The van der Waals surface area contributed by atoms with Crippen molar-refractivity contribution in [3.8, 4) is 0 Å². The van der Waals surface area contributed by atoms with Crippen LogP contribution < -0.4 is 0 Å². The standard InChI is InChI=1S/C18H30N4O3/c1-14-6-8-21(9-7-14)18(24)11-22-10-16(19-20-22)13-25-17-4-2-15(12-23)3-5-17/h10,14-15,17,23H,2-9,11-13H2,1H3. The number of carbonyl (C=O) groups is 1. The minimum absolute atomic E-state index is 0.117. The van der Waals surface area contributed by atoms with E-state index in [1.54, 1.807) is 4.68 Å². The molecule has 2 heterocycles. The summed E-state index contributed by atoms with van der Waals surface area (Å²) in [5, 5.41) is 17.4. The molecular formula is C18H30N4O3. The first-order chi connectivity index (χ1) is 12.1. The van der Waals surface area contributed by atoms with Crippen LogP contribution in [0.15, 0.2) is 6.20 Å². The molecule has 1 aliphatic heterocycles. The van der Waals surface area contributed by atoms with Gasteiger partial charge >= 0.3 is 0 Å². The third kappa shape index (κ3) is 5.25. The number of aliphatic hydroxyl groups is 1. The third-order valence-electron chi connectivity index (χ3n) is 5.54. The van der Waals surface area contributed by atoms with E-state index in [0.29, 0.717) is 18.4 Å². The molecule has 2 fully saturated rings. The number of piperidine rings is 1. The number of likely N-dealkylation sites (tertiary alicyclic amines) is 1. The highest BCUT2D eigenvalue weighted by atomic mass is 16.5. The lowest BCUT2D eigenvalue weighted by Crippen LogP contribution is -2.39. The maximum Gasteiger partial charge on any atom is 0.244 e. The van der Waals surface area contributed by atoms with E-state index in [-0.39, 0.29) is 25.2 Å². The van der Waals surface area contributed by atoms with Gasteiger partial charge in [-0.05, 0) is 50.4 Å². The highest BCUT2D eigenvalue weighted by Crippen LogP contribution is 2.26. The monoisotopic (exact) mass is 350 g/mol. The van der Waals surface area contributed by atoms with Gasteiger partial charge in [0.2, 0.25) is 5.91 Å². The molecule has 7 nitrogen and oxygen atoms in total. The second-order valence-corrected chi connectivity index (χ2v) is 7.61. The first kappa shape index (κ1) is 18.3. The molecule has 0 aromatic carbocycles. The van der Waals surface area contributed by atoms with Crippen molar-refractivity contribution in [2.45, 2.75) is 64.7 Å². The Morgan fingerprint density at radius 1 is 1.24 bits per heavy atom. The van der Waals surface area contributed by atoms with Crippen molar-refractivity contribution in [1.82, 2.24) is 19.9 Å². The van der Waals surface area contributed by atoms with Crippen LogP contribution >= 0.6 is 0 Å². The number of ether oxygens (including phenoxy) is 1. The predicted molar refractivity (Wildman–Crippen MR) is 92.6 cm³/mol. The normalized spacial score (nSPS) is 25.3. The van der Waals surface area contributed by atoms with E-state index in [0.717, 1.165) is 57.3 Å². The number of aromatic nitrogens is 3. The molecule has 2 aliphatic rings. The maximum atomic E-state index is 12.3. The van der Waals surface area contributed by atoms with E-state index in [1.807, 2.05) is 11.1 Å². The zero-order valence-electron chi connectivity index (χ0n) is 15.1. The fourth-order valence-corrected chi connectivity index (χ4v) is 3.66. The fraction of sp³-hybridized carbons (Fsp3) is 0.833. The molecule has 7 heteroatoms. The molecule has 3 rings (SSSR count). The van der Waals surface area contributed by atoms with E-state index in [9.17, 15) is 9.90 Å². The SMILES string of the molecule is CC1CCN(C(=O)Cn2cc(COC3CCC(CO)CC3)nn2)CC1. The number of hydrogen-bond donors (Lipinski definition) is 1. The Kier molecular flexibility index (Phi) is 6.42. The number of hydrogen-bond acceptors (Lipinski definition) is 5. The minimum Gasteiger partial charge on any atom is -0.396 e. The number of aliphatic hydroxyl groups excluding tert-OH is 1. The molecule has 1 saturated heterocycles. The quantitative estimate of drug-likeness (QED) is 0.843. The number of amides is 1. The van der Waals surface area contributed by atoms with Crippen molar-refractivity contribution < 1.29 is 14.6 Å². The minimum atomic E-state index is 0.117. The van der Waals surface area contributed by atoms with Gasteiger partial charge in [-0.1, -0.05) is 12.1 Å². The number of carbonyl (C=O) groups excluding carboxylic acids is 1. The summed E-state index contributed by atoms with van der Waals surface area (Å²) in [6.07, 6.45) is 8.25. The zero-order chi connectivity index (χ0) is 17.6. The molecule has 1 amide bonds. The van der Waals surface area contributed by atoms with Crippen molar-refractivity contribution in [3.63, 3.8) is 0 Å². The Morgan fingerprint density at radius 2 is 1.96 bits per heavy atom. The highest BCUT2D eigenvalue weighted by Gasteiger charge is 2.22. The van der Waals surface area contributed by atoms with Crippen LogP contribution in [-0.4, -0.2) is 56.7 Å². The Hall–Kier alpha value is -1.47. The van der Waals surface area contributed by atoms with Crippen LogP contribution in [0, 0.1) is 11.8 Å². The summed E-state index contributed by atoms with van der Waals surface area (Å²) < 4.78 is 7.53. The number of rotatable bonds is 6. The van der Waals surface area contributed by atoms with Crippen molar-refractivity contribution in [1.29, 1.82) is 0 Å². The summed E-state index contributed by atoms with van der Waals surface area (Å²) in [5.74, 6) is 1.27. The molecule has 1 aromatic rings. The molecule has 1 N–H and O–H groups in total. The van der Waals surface area contributed by atoms with Crippen LogP contribution in [0.5, 0.6) is 0 Å². The van der Waals surface area contributed by atoms with Crippen molar-refractivity contribution in [2.75, 3.05) is 19.7 Å². The summed E-state index contributed by atoms with van der Waals surface area (Å²) in [7, 11) is 0. The first-order valence-electron chi connectivity index (χ1n) is 9.53. The first-order valence-corrected chi connectivity index (χ1v) is 9.53. The van der Waals surface area contributed by atoms with Gasteiger partial charge in [-0.2, -0.15) is 0 Å². The van der Waals surface area contributed by atoms with Gasteiger partial charge < -0.3 is 14.7 Å². The lowest BCUT2D eigenvalue weighted by Gasteiger charge is -2.30. The van der Waals surface area contributed by atoms with Crippen LogP contribution in [0.4, 0.5) is 0 Å². The predicted octanol–water partition coefficient (Wildman–Crippen LogP) is 1.60. The zero-order valence-corrected chi connectivity index (χ0v) is 15.1. The lowest BCUT2D eigenvalue weighted by atomic mass is 9.88. The topological polar surface area (TPSA) is 80.5 Å². The molecule has 1 aromatic heterocycles. The lowest BCUT2D eigenvalue weighted by molar-refractivity contribution is -0.133. The van der Waals surface area contributed by atoms with Crippen LogP contribution in [0.2, 0.25) is 0 Å². The maximum absolute atomic E-state index is 12.3. The van der Waals surface area contributed by atoms with E-state index in [1.165, 1.54) is 0 Å². The van der Waals surface area contributed by atoms with Gasteiger partial charge in [0, 0.05) is 19.7 Å². The molecule has 1 aliphatic carbocycles. The van der Waals surface area contributed by atoms with Crippen LogP contribution in [0.3, 0.4) is 0 Å². The van der Waals surface area contributed by atoms with Crippen molar-refractivity contribution in [2.24, 2.45) is 11.8 Å². The molecule has 0 spiro atoms. The average molecular weight is 350 g/mol. The largest absolute Gasteiger partial charge is 0.396 e. The van der Waals surface area contributed by atoms with Crippen molar-refractivity contribution >= 4 is 5.91 Å². The Balaban J connectivity index is 1.41. The Morgan fingerprint density at radius 3 is 2.64 bits per heavy atom. The van der Waals surface area contributed by atoms with Gasteiger partial charge in [0.05, 0.1) is 18.9 Å². The Bertz CT molecular complexity index is 546. The molecule has 25 heavy (non-hydrogen) atoms. The van der Waals surface area contributed by atoms with E-state index < -0.39 is 0 Å². The fourth-order valence-electron chi connectivity index (χ4n) is 3.66. The van der Waals surface area contributed by atoms with E-state index in [4.69, 9.17) is 4.74 Å².